The van der Waals surface area contributed by atoms with Gasteiger partial charge in [-0.1, -0.05) is 28.1 Å². The second-order valence-electron chi connectivity index (χ2n) is 5.17. The van der Waals surface area contributed by atoms with Crippen LogP contribution < -0.4 is 0 Å². The molecule has 0 aliphatic rings. The van der Waals surface area contributed by atoms with Gasteiger partial charge < -0.3 is 10.0 Å². The molecule has 0 aliphatic carbocycles. The molecule has 8 heteroatoms. The van der Waals surface area contributed by atoms with Gasteiger partial charge in [-0.25, -0.2) is 8.42 Å². The van der Waals surface area contributed by atoms with Gasteiger partial charge in [-0.2, -0.15) is 0 Å². The van der Waals surface area contributed by atoms with Crippen LogP contribution in [-0.4, -0.2) is 48.6 Å². The number of carbonyl (C=O) groups is 2. The fourth-order valence-corrected chi connectivity index (χ4v) is 3.47. The standard InChI is InChI=1S/C14H18BrNO5S/c1-10(2)16(7-14(18)19)13(17)9-22(20,21)8-11-3-5-12(15)6-4-11/h3-6,10H,7-9H2,1-2H3,(H,18,19). The summed E-state index contributed by atoms with van der Waals surface area (Å²) in [4.78, 5) is 23.9. The van der Waals surface area contributed by atoms with Crippen molar-refractivity contribution in [2.24, 2.45) is 0 Å². The third-order valence-electron chi connectivity index (χ3n) is 2.89. The minimum Gasteiger partial charge on any atom is -0.480 e. The van der Waals surface area contributed by atoms with Gasteiger partial charge in [0.15, 0.2) is 9.84 Å². The van der Waals surface area contributed by atoms with Crippen molar-refractivity contribution in [2.75, 3.05) is 12.3 Å². The van der Waals surface area contributed by atoms with Crippen LogP contribution in [0.2, 0.25) is 0 Å². The van der Waals surface area contributed by atoms with E-state index in [2.05, 4.69) is 15.9 Å². The number of benzene rings is 1. The Kier molecular flexibility index (Phi) is 6.55. The first-order chi connectivity index (χ1) is 10.1. The molecule has 0 fully saturated rings. The molecule has 1 aromatic rings. The Morgan fingerprint density at radius 3 is 2.23 bits per heavy atom. The van der Waals surface area contributed by atoms with Crippen molar-refractivity contribution < 1.29 is 23.1 Å². The maximum Gasteiger partial charge on any atom is 0.323 e. The predicted molar refractivity (Wildman–Crippen MR) is 86.1 cm³/mol. The molecule has 0 unspecified atom stereocenters. The van der Waals surface area contributed by atoms with Gasteiger partial charge in [0.2, 0.25) is 5.91 Å². The van der Waals surface area contributed by atoms with E-state index in [-0.39, 0.29) is 11.8 Å². The number of rotatable bonds is 7. The number of carbonyl (C=O) groups excluding carboxylic acids is 1. The molecule has 0 saturated carbocycles. The summed E-state index contributed by atoms with van der Waals surface area (Å²) in [6.07, 6.45) is 0. The van der Waals surface area contributed by atoms with Gasteiger partial charge in [0.05, 0.1) is 5.75 Å². The van der Waals surface area contributed by atoms with E-state index >= 15 is 0 Å². The summed E-state index contributed by atoms with van der Waals surface area (Å²) >= 11 is 3.26. The molecule has 0 bridgehead atoms. The molecule has 1 aromatic carbocycles. The summed E-state index contributed by atoms with van der Waals surface area (Å²) in [5.74, 6) is -2.83. The summed E-state index contributed by atoms with van der Waals surface area (Å²) < 4.78 is 25.0. The number of aliphatic carboxylic acids is 1. The second kappa shape index (κ2) is 7.73. The molecular weight excluding hydrogens is 374 g/mol. The van der Waals surface area contributed by atoms with Crippen LogP contribution in [0.4, 0.5) is 0 Å². The molecule has 0 atom stereocenters. The molecular formula is C14H18BrNO5S. The number of hydrogen-bond acceptors (Lipinski definition) is 4. The van der Waals surface area contributed by atoms with Gasteiger partial charge in [0, 0.05) is 10.5 Å². The summed E-state index contributed by atoms with van der Waals surface area (Å²) in [7, 11) is -3.66. The average Bonchev–Trinajstić information content (AvgIpc) is 2.37. The summed E-state index contributed by atoms with van der Waals surface area (Å²) in [6, 6.07) is 6.37. The number of carboxylic acids is 1. The lowest BCUT2D eigenvalue weighted by molar-refractivity contribution is -0.144. The highest BCUT2D eigenvalue weighted by atomic mass is 79.9. The number of hydrogen-bond donors (Lipinski definition) is 1. The molecule has 22 heavy (non-hydrogen) atoms. The van der Waals surface area contributed by atoms with E-state index in [0.717, 1.165) is 9.37 Å². The van der Waals surface area contributed by atoms with Crippen molar-refractivity contribution in [1.82, 2.24) is 4.90 Å². The lowest BCUT2D eigenvalue weighted by Gasteiger charge is -2.24. The fourth-order valence-electron chi connectivity index (χ4n) is 1.86. The van der Waals surface area contributed by atoms with Crippen molar-refractivity contribution in [1.29, 1.82) is 0 Å². The van der Waals surface area contributed by atoms with E-state index in [1.54, 1.807) is 38.1 Å². The Morgan fingerprint density at radius 1 is 1.23 bits per heavy atom. The van der Waals surface area contributed by atoms with Crippen LogP contribution in [0, 0.1) is 0 Å². The number of amides is 1. The van der Waals surface area contributed by atoms with Gasteiger partial charge in [-0.3, -0.25) is 9.59 Å². The molecule has 0 spiro atoms. The van der Waals surface area contributed by atoms with Gasteiger partial charge in [0.1, 0.15) is 12.3 Å². The molecule has 122 valence electrons. The third-order valence-corrected chi connectivity index (χ3v) is 4.88. The van der Waals surface area contributed by atoms with E-state index in [9.17, 15) is 18.0 Å². The van der Waals surface area contributed by atoms with Crippen LogP contribution in [-0.2, 0) is 25.2 Å². The van der Waals surface area contributed by atoms with Gasteiger partial charge >= 0.3 is 5.97 Å². The Balaban J connectivity index is 2.79. The van der Waals surface area contributed by atoms with Crippen molar-refractivity contribution in [3.8, 4) is 0 Å². The second-order valence-corrected chi connectivity index (χ2v) is 8.15. The largest absolute Gasteiger partial charge is 0.480 e. The van der Waals surface area contributed by atoms with Crippen molar-refractivity contribution in [3.05, 3.63) is 34.3 Å². The first kappa shape index (κ1) is 18.6. The minimum atomic E-state index is -3.66. The van der Waals surface area contributed by atoms with E-state index in [1.807, 2.05) is 0 Å². The van der Waals surface area contributed by atoms with Gasteiger partial charge in [-0.05, 0) is 31.5 Å². The van der Waals surface area contributed by atoms with Crippen LogP contribution in [0.5, 0.6) is 0 Å². The van der Waals surface area contributed by atoms with Crippen molar-refractivity contribution in [2.45, 2.75) is 25.6 Å². The molecule has 0 heterocycles. The highest BCUT2D eigenvalue weighted by molar-refractivity contribution is 9.10. The Bertz CT molecular complexity index is 640. The third kappa shape index (κ3) is 6.15. The highest BCUT2D eigenvalue weighted by Gasteiger charge is 2.25. The van der Waals surface area contributed by atoms with Crippen LogP contribution >= 0.6 is 15.9 Å². The lowest BCUT2D eigenvalue weighted by atomic mass is 10.2. The molecule has 1 N–H and O–H groups in total. The zero-order chi connectivity index (χ0) is 16.9. The maximum absolute atomic E-state index is 12.1. The molecule has 0 saturated heterocycles. The smallest absolute Gasteiger partial charge is 0.323 e. The molecule has 1 amide bonds. The number of carboxylic acid groups (broad SMARTS) is 1. The zero-order valence-electron chi connectivity index (χ0n) is 12.3. The van der Waals surface area contributed by atoms with E-state index in [1.165, 1.54) is 0 Å². The van der Waals surface area contributed by atoms with Crippen LogP contribution in [0.25, 0.3) is 0 Å². The summed E-state index contributed by atoms with van der Waals surface area (Å²) in [5, 5.41) is 8.79. The number of sulfone groups is 1. The molecule has 1 rings (SSSR count). The van der Waals surface area contributed by atoms with Crippen LogP contribution in [0.1, 0.15) is 19.4 Å². The molecule has 6 nitrogen and oxygen atoms in total. The molecule has 0 radical (unpaired) electrons. The lowest BCUT2D eigenvalue weighted by Crippen LogP contribution is -2.43. The molecule has 0 aromatic heterocycles. The van der Waals surface area contributed by atoms with Crippen LogP contribution in [0.15, 0.2) is 28.7 Å². The van der Waals surface area contributed by atoms with Gasteiger partial charge in [0.25, 0.3) is 0 Å². The Morgan fingerprint density at radius 2 is 1.77 bits per heavy atom. The number of halogens is 1. The van der Waals surface area contributed by atoms with Crippen LogP contribution in [0.3, 0.4) is 0 Å². The Labute approximate surface area is 138 Å². The van der Waals surface area contributed by atoms with Gasteiger partial charge in [-0.15, -0.1) is 0 Å². The van der Waals surface area contributed by atoms with Crippen molar-refractivity contribution in [3.63, 3.8) is 0 Å². The summed E-state index contributed by atoms with van der Waals surface area (Å²) in [6.45, 7) is 2.77. The van der Waals surface area contributed by atoms with E-state index < -0.39 is 34.0 Å². The predicted octanol–water partition coefficient (Wildman–Crippen LogP) is 1.69. The first-order valence-electron chi connectivity index (χ1n) is 6.57. The Hall–Kier alpha value is -1.41. The zero-order valence-corrected chi connectivity index (χ0v) is 14.7. The molecule has 0 aliphatic heterocycles. The first-order valence-corrected chi connectivity index (χ1v) is 9.18. The van der Waals surface area contributed by atoms with E-state index in [0.29, 0.717) is 5.56 Å². The topological polar surface area (TPSA) is 91.8 Å². The normalized spacial score (nSPS) is 11.5. The highest BCUT2D eigenvalue weighted by Crippen LogP contribution is 2.13. The minimum absolute atomic E-state index is 0.259. The fraction of sp³-hybridized carbons (Fsp3) is 0.429. The average molecular weight is 392 g/mol. The number of nitrogens with zero attached hydrogens (tertiary/aromatic N) is 1. The monoisotopic (exact) mass is 391 g/mol. The SMILES string of the molecule is CC(C)N(CC(=O)O)C(=O)CS(=O)(=O)Cc1ccc(Br)cc1. The van der Waals surface area contributed by atoms with Crippen molar-refractivity contribution >= 4 is 37.6 Å². The maximum atomic E-state index is 12.1. The van der Waals surface area contributed by atoms with E-state index in [4.69, 9.17) is 5.11 Å². The summed E-state index contributed by atoms with van der Waals surface area (Å²) in [5.41, 5.74) is 0.574. The quantitative estimate of drug-likeness (QED) is 0.763.